The minimum Gasteiger partial charge on any atom is -0.457 e. The zero-order chi connectivity index (χ0) is 33.8. The molecular weight excluding hydrogens is 601 g/mol. The van der Waals surface area contributed by atoms with Gasteiger partial charge in [0.2, 0.25) is 0 Å². The van der Waals surface area contributed by atoms with Gasteiger partial charge in [-0.15, -0.1) is 0 Å². The number of hydrogen-bond donors (Lipinski definition) is 2. The summed E-state index contributed by atoms with van der Waals surface area (Å²) in [6.45, 7) is 4.91. The molecule has 276 valence electrons. The number of carbonyl (C=O) groups is 1. The molecule has 0 saturated heterocycles. The second-order valence-corrected chi connectivity index (χ2v) is 14.6. The van der Waals surface area contributed by atoms with Gasteiger partial charge in [0.15, 0.2) is 0 Å². The lowest BCUT2D eigenvalue weighted by molar-refractivity contribution is -0.154. The standard InChI is InChI=1S/C37H76NO7P/c1-3-5-7-9-11-12-13-14-15-16-17-18-19-20-21-22-23-25-27-29-32-42-34-36(35-44-46(40,41)43-33-31-38)45-37(39)30-28-26-24-10-8-6-4-2/h36H,3-35,38H2,1-2H3,(H,40,41)/t36-/m1/s1. The molecule has 0 aliphatic heterocycles. The molecule has 9 heteroatoms. The molecule has 0 radical (unpaired) electrons. The van der Waals surface area contributed by atoms with Crippen molar-refractivity contribution in [2.24, 2.45) is 5.73 Å². The maximum absolute atomic E-state index is 12.4. The topological polar surface area (TPSA) is 117 Å². The molecule has 0 amide bonds. The molecule has 0 bridgehead atoms. The van der Waals surface area contributed by atoms with Gasteiger partial charge in [0, 0.05) is 19.6 Å². The van der Waals surface area contributed by atoms with Crippen molar-refractivity contribution in [2.75, 3.05) is 33.0 Å². The molecule has 0 aromatic heterocycles. The van der Waals surface area contributed by atoms with Crippen molar-refractivity contribution in [3.63, 3.8) is 0 Å². The van der Waals surface area contributed by atoms with Crippen LogP contribution in [0.25, 0.3) is 0 Å². The molecule has 1 unspecified atom stereocenters. The summed E-state index contributed by atoms with van der Waals surface area (Å²) in [6, 6.07) is 0. The van der Waals surface area contributed by atoms with E-state index in [1.807, 2.05) is 0 Å². The Morgan fingerprint density at radius 3 is 1.37 bits per heavy atom. The lowest BCUT2D eigenvalue weighted by atomic mass is 10.0. The summed E-state index contributed by atoms with van der Waals surface area (Å²) in [6.07, 6.45) is 34.2. The monoisotopic (exact) mass is 678 g/mol. The number of ether oxygens (including phenoxy) is 2. The summed E-state index contributed by atoms with van der Waals surface area (Å²) < 4.78 is 33.2. The maximum Gasteiger partial charge on any atom is 0.472 e. The average Bonchev–Trinajstić information content (AvgIpc) is 3.04. The summed E-state index contributed by atoms with van der Waals surface area (Å²) in [7, 11) is -4.26. The fraction of sp³-hybridized carbons (Fsp3) is 0.973. The summed E-state index contributed by atoms with van der Waals surface area (Å²) in [5.41, 5.74) is 5.34. The first-order valence-corrected chi connectivity index (χ1v) is 21.0. The first-order valence-electron chi connectivity index (χ1n) is 19.5. The number of phosphoric ester groups is 1. The highest BCUT2D eigenvalue weighted by molar-refractivity contribution is 7.47. The molecule has 0 heterocycles. The quantitative estimate of drug-likeness (QED) is 0.0377. The Kier molecular flexibility index (Phi) is 35.4. The van der Waals surface area contributed by atoms with Crippen LogP contribution in [0, 0.1) is 0 Å². The third kappa shape index (κ3) is 34.8. The highest BCUT2D eigenvalue weighted by atomic mass is 31.2. The van der Waals surface area contributed by atoms with Gasteiger partial charge in [0.1, 0.15) is 6.10 Å². The van der Waals surface area contributed by atoms with E-state index in [1.54, 1.807) is 0 Å². The van der Waals surface area contributed by atoms with Crippen molar-refractivity contribution in [3.8, 4) is 0 Å². The van der Waals surface area contributed by atoms with E-state index in [4.69, 9.17) is 24.3 Å². The van der Waals surface area contributed by atoms with Crippen LogP contribution in [0.4, 0.5) is 0 Å². The van der Waals surface area contributed by atoms with Crippen molar-refractivity contribution < 1.29 is 32.8 Å². The van der Waals surface area contributed by atoms with Crippen LogP contribution >= 0.6 is 7.82 Å². The normalized spacial score (nSPS) is 13.6. The fourth-order valence-electron chi connectivity index (χ4n) is 5.64. The summed E-state index contributed by atoms with van der Waals surface area (Å²) in [5.74, 6) is -0.333. The summed E-state index contributed by atoms with van der Waals surface area (Å²) in [4.78, 5) is 22.2. The number of unbranched alkanes of at least 4 members (excludes halogenated alkanes) is 25. The van der Waals surface area contributed by atoms with E-state index in [-0.39, 0.29) is 32.3 Å². The van der Waals surface area contributed by atoms with E-state index in [0.29, 0.717) is 13.0 Å². The zero-order valence-electron chi connectivity index (χ0n) is 30.3. The third-order valence-corrected chi connectivity index (χ3v) is 9.51. The van der Waals surface area contributed by atoms with Crippen LogP contribution < -0.4 is 5.73 Å². The van der Waals surface area contributed by atoms with Gasteiger partial charge < -0.3 is 20.1 Å². The lowest BCUT2D eigenvalue weighted by Crippen LogP contribution is -2.28. The van der Waals surface area contributed by atoms with Gasteiger partial charge in [-0.2, -0.15) is 0 Å². The molecule has 0 aliphatic rings. The Balaban J connectivity index is 3.86. The first kappa shape index (κ1) is 45.5. The Hall–Kier alpha value is -0.500. The van der Waals surface area contributed by atoms with Crippen molar-refractivity contribution in [1.82, 2.24) is 0 Å². The molecular formula is C37H76NO7P. The predicted octanol–water partition coefficient (Wildman–Crippen LogP) is 11.0. The molecule has 2 atom stereocenters. The minimum absolute atomic E-state index is 0.0908. The largest absolute Gasteiger partial charge is 0.472 e. The van der Waals surface area contributed by atoms with Crippen LogP contribution in [0.2, 0.25) is 0 Å². The molecule has 0 aromatic rings. The van der Waals surface area contributed by atoms with Crippen LogP contribution in [0.3, 0.4) is 0 Å². The van der Waals surface area contributed by atoms with E-state index < -0.39 is 13.9 Å². The highest BCUT2D eigenvalue weighted by Crippen LogP contribution is 2.43. The average molecular weight is 678 g/mol. The molecule has 0 saturated carbocycles. The first-order chi connectivity index (χ1) is 22.4. The van der Waals surface area contributed by atoms with Gasteiger partial charge in [-0.05, 0) is 12.8 Å². The number of nitrogens with two attached hydrogens (primary N) is 1. The predicted molar refractivity (Wildman–Crippen MR) is 192 cm³/mol. The van der Waals surface area contributed by atoms with Crippen LogP contribution in [-0.4, -0.2) is 49.9 Å². The lowest BCUT2D eigenvalue weighted by Gasteiger charge is -2.20. The molecule has 8 nitrogen and oxygen atoms in total. The van der Waals surface area contributed by atoms with Crippen LogP contribution in [-0.2, 0) is 27.9 Å². The van der Waals surface area contributed by atoms with Gasteiger partial charge in [0.25, 0.3) is 0 Å². The van der Waals surface area contributed by atoms with Gasteiger partial charge in [-0.25, -0.2) is 4.57 Å². The van der Waals surface area contributed by atoms with Crippen LogP contribution in [0.15, 0.2) is 0 Å². The van der Waals surface area contributed by atoms with Gasteiger partial charge in [0.05, 0.1) is 19.8 Å². The minimum atomic E-state index is -4.26. The Morgan fingerprint density at radius 1 is 0.565 bits per heavy atom. The number of rotatable bonds is 38. The van der Waals surface area contributed by atoms with E-state index in [0.717, 1.165) is 32.1 Å². The molecule has 3 N–H and O–H groups in total. The summed E-state index contributed by atoms with van der Waals surface area (Å²) >= 11 is 0. The van der Waals surface area contributed by atoms with Crippen molar-refractivity contribution in [3.05, 3.63) is 0 Å². The second kappa shape index (κ2) is 35.8. The Morgan fingerprint density at radius 2 is 0.957 bits per heavy atom. The molecule has 0 aromatic carbocycles. The van der Waals surface area contributed by atoms with Crippen molar-refractivity contribution in [2.45, 2.75) is 200 Å². The van der Waals surface area contributed by atoms with Gasteiger partial charge in [-0.3, -0.25) is 13.8 Å². The Labute approximate surface area is 284 Å². The smallest absolute Gasteiger partial charge is 0.457 e. The second-order valence-electron chi connectivity index (χ2n) is 13.2. The highest BCUT2D eigenvalue weighted by Gasteiger charge is 2.25. The van der Waals surface area contributed by atoms with Gasteiger partial charge in [-0.1, -0.05) is 174 Å². The maximum atomic E-state index is 12.4. The van der Waals surface area contributed by atoms with E-state index in [1.165, 1.54) is 141 Å². The number of hydrogen-bond acceptors (Lipinski definition) is 7. The van der Waals surface area contributed by atoms with E-state index in [2.05, 4.69) is 13.8 Å². The SMILES string of the molecule is CCCCCCCCCCCCCCCCCCCCCCOC[C@H](COP(=O)(O)OCCN)OC(=O)CCCCCCCCC. The van der Waals surface area contributed by atoms with Gasteiger partial charge >= 0.3 is 13.8 Å². The van der Waals surface area contributed by atoms with Crippen LogP contribution in [0.5, 0.6) is 0 Å². The van der Waals surface area contributed by atoms with Crippen molar-refractivity contribution >= 4 is 13.8 Å². The number of esters is 1. The number of phosphoric acid groups is 1. The molecule has 0 spiro atoms. The van der Waals surface area contributed by atoms with Crippen LogP contribution in [0.1, 0.15) is 194 Å². The zero-order valence-corrected chi connectivity index (χ0v) is 31.2. The molecule has 46 heavy (non-hydrogen) atoms. The van der Waals surface area contributed by atoms with E-state index >= 15 is 0 Å². The summed E-state index contributed by atoms with van der Waals surface area (Å²) in [5, 5.41) is 0. The molecule has 0 fully saturated rings. The molecule has 0 aliphatic carbocycles. The van der Waals surface area contributed by atoms with Crippen molar-refractivity contribution in [1.29, 1.82) is 0 Å². The number of carbonyl (C=O) groups excluding carboxylic acids is 1. The van der Waals surface area contributed by atoms with E-state index in [9.17, 15) is 14.3 Å². The fourth-order valence-corrected chi connectivity index (χ4v) is 6.41. The Bertz CT molecular complexity index is 682. The third-order valence-electron chi connectivity index (χ3n) is 8.52. The molecule has 0 rings (SSSR count).